The number of nitrogens with one attached hydrogen (secondary N) is 1. The van der Waals surface area contributed by atoms with Crippen LogP contribution < -0.4 is 5.32 Å². The number of amides is 2. The molecular formula is C16H23N3O3. The van der Waals surface area contributed by atoms with E-state index in [1.165, 1.54) is 0 Å². The van der Waals surface area contributed by atoms with Crippen molar-refractivity contribution in [3.8, 4) is 0 Å². The second-order valence-electron chi connectivity index (χ2n) is 5.96. The molecule has 22 heavy (non-hydrogen) atoms. The van der Waals surface area contributed by atoms with Crippen LogP contribution in [0.1, 0.15) is 37.1 Å². The first-order valence-corrected chi connectivity index (χ1v) is 7.62. The van der Waals surface area contributed by atoms with Crippen molar-refractivity contribution >= 4 is 12.0 Å². The zero-order valence-electron chi connectivity index (χ0n) is 13.1. The first-order chi connectivity index (χ1) is 10.5. The largest absolute Gasteiger partial charge is 0.481 e. The predicted octanol–water partition coefficient (Wildman–Crippen LogP) is 2.17. The number of pyridine rings is 1. The fourth-order valence-electron chi connectivity index (χ4n) is 2.77. The van der Waals surface area contributed by atoms with Crippen molar-refractivity contribution in [1.29, 1.82) is 0 Å². The van der Waals surface area contributed by atoms with Gasteiger partial charge in [-0.1, -0.05) is 6.07 Å². The number of aromatic nitrogens is 1. The molecule has 0 aromatic carbocycles. The zero-order chi connectivity index (χ0) is 16.1. The summed E-state index contributed by atoms with van der Waals surface area (Å²) < 4.78 is 0. The van der Waals surface area contributed by atoms with Crippen LogP contribution in [0.5, 0.6) is 0 Å². The van der Waals surface area contributed by atoms with Gasteiger partial charge in [0.1, 0.15) is 0 Å². The van der Waals surface area contributed by atoms with Gasteiger partial charge in [-0.2, -0.15) is 0 Å². The number of aryl methyl sites for hydroxylation is 1. The highest BCUT2D eigenvalue weighted by Crippen LogP contribution is 2.24. The number of nitrogens with zero attached hydrogens (tertiary/aromatic N) is 2. The number of hydrogen-bond acceptors (Lipinski definition) is 3. The average Bonchev–Trinajstić information content (AvgIpc) is 2.47. The van der Waals surface area contributed by atoms with Gasteiger partial charge in [0.05, 0.1) is 18.2 Å². The van der Waals surface area contributed by atoms with Crippen molar-refractivity contribution in [2.24, 2.45) is 5.92 Å². The maximum Gasteiger partial charge on any atom is 0.317 e. The highest BCUT2D eigenvalue weighted by Gasteiger charge is 2.27. The van der Waals surface area contributed by atoms with E-state index in [0.29, 0.717) is 19.4 Å². The Morgan fingerprint density at radius 1 is 1.32 bits per heavy atom. The Morgan fingerprint density at radius 3 is 2.59 bits per heavy atom. The summed E-state index contributed by atoms with van der Waals surface area (Å²) in [5, 5.41) is 12.0. The lowest BCUT2D eigenvalue weighted by Crippen LogP contribution is -2.44. The number of carbonyl (C=O) groups is 2. The Hall–Kier alpha value is -2.11. The number of urea groups is 1. The highest BCUT2D eigenvalue weighted by molar-refractivity contribution is 5.74. The minimum absolute atomic E-state index is 0.0658. The van der Waals surface area contributed by atoms with Crippen LogP contribution >= 0.6 is 0 Å². The van der Waals surface area contributed by atoms with Crippen molar-refractivity contribution in [3.05, 3.63) is 29.6 Å². The van der Waals surface area contributed by atoms with E-state index in [1.54, 1.807) is 11.9 Å². The quantitative estimate of drug-likeness (QED) is 0.893. The lowest BCUT2D eigenvalue weighted by molar-refractivity contribution is -0.142. The van der Waals surface area contributed by atoms with Gasteiger partial charge in [-0.15, -0.1) is 0 Å². The fraction of sp³-hybridized carbons (Fsp3) is 0.562. The molecule has 1 aromatic heterocycles. The second-order valence-corrected chi connectivity index (χ2v) is 5.96. The van der Waals surface area contributed by atoms with Gasteiger partial charge >= 0.3 is 12.0 Å². The third-order valence-corrected chi connectivity index (χ3v) is 4.10. The van der Waals surface area contributed by atoms with Crippen molar-refractivity contribution in [2.45, 2.75) is 45.2 Å². The Labute approximate surface area is 130 Å². The van der Waals surface area contributed by atoms with E-state index in [-0.39, 0.29) is 18.0 Å². The molecule has 0 radical (unpaired) electrons. The van der Waals surface area contributed by atoms with Crippen LogP contribution in [0.15, 0.2) is 18.2 Å². The molecule has 1 fully saturated rings. The van der Waals surface area contributed by atoms with Crippen LogP contribution in [0.25, 0.3) is 0 Å². The molecule has 2 amide bonds. The SMILES string of the molecule is Cc1cccc(CN(C)C(=O)NC2CCC(C(=O)O)CC2)n1. The molecule has 1 aromatic rings. The van der Waals surface area contributed by atoms with E-state index in [9.17, 15) is 9.59 Å². The number of rotatable bonds is 4. The van der Waals surface area contributed by atoms with E-state index in [2.05, 4.69) is 10.3 Å². The molecular weight excluding hydrogens is 282 g/mol. The van der Waals surface area contributed by atoms with Gasteiger partial charge < -0.3 is 15.3 Å². The summed E-state index contributed by atoms with van der Waals surface area (Å²) in [7, 11) is 1.74. The Kier molecular flexibility index (Phi) is 5.35. The maximum absolute atomic E-state index is 12.2. The second kappa shape index (κ2) is 7.24. The molecule has 0 saturated heterocycles. The third-order valence-electron chi connectivity index (χ3n) is 4.10. The van der Waals surface area contributed by atoms with Crippen molar-refractivity contribution in [3.63, 3.8) is 0 Å². The summed E-state index contributed by atoms with van der Waals surface area (Å²) in [5.74, 6) is -0.991. The Bertz CT molecular complexity index is 539. The fourth-order valence-corrected chi connectivity index (χ4v) is 2.77. The summed E-state index contributed by atoms with van der Waals surface area (Å²) in [6.07, 6.45) is 2.70. The van der Waals surface area contributed by atoms with E-state index in [1.807, 2.05) is 25.1 Å². The molecule has 2 rings (SSSR count). The average molecular weight is 305 g/mol. The molecule has 0 atom stereocenters. The van der Waals surface area contributed by atoms with Crippen LogP contribution in [-0.4, -0.2) is 40.1 Å². The summed E-state index contributed by atoms with van der Waals surface area (Å²) in [5.41, 5.74) is 1.78. The van der Waals surface area contributed by atoms with Crippen molar-refractivity contribution in [2.75, 3.05) is 7.05 Å². The highest BCUT2D eigenvalue weighted by atomic mass is 16.4. The molecule has 0 aliphatic heterocycles. The van der Waals surface area contributed by atoms with Crippen molar-refractivity contribution < 1.29 is 14.7 Å². The molecule has 120 valence electrons. The van der Waals surface area contributed by atoms with Crippen LogP contribution in [0, 0.1) is 12.8 Å². The van der Waals surface area contributed by atoms with Gasteiger partial charge in [0.15, 0.2) is 0 Å². The normalized spacial score (nSPS) is 21.2. The van der Waals surface area contributed by atoms with E-state index in [4.69, 9.17) is 5.11 Å². The van der Waals surface area contributed by atoms with Crippen LogP contribution in [-0.2, 0) is 11.3 Å². The third kappa shape index (κ3) is 4.44. The smallest absolute Gasteiger partial charge is 0.317 e. The van der Waals surface area contributed by atoms with E-state index < -0.39 is 5.97 Å². The first-order valence-electron chi connectivity index (χ1n) is 7.62. The molecule has 6 heteroatoms. The Morgan fingerprint density at radius 2 is 2.00 bits per heavy atom. The molecule has 0 unspecified atom stereocenters. The lowest BCUT2D eigenvalue weighted by atomic mass is 9.86. The summed E-state index contributed by atoms with van der Waals surface area (Å²) in [6, 6.07) is 5.67. The van der Waals surface area contributed by atoms with Gasteiger partial charge in [0, 0.05) is 18.8 Å². The zero-order valence-corrected chi connectivity index (χ0v) is 13.1. The first kappa shape index (κ1) is 16.3. The number of carbonyl (C=O) groups excluding carboxylic acids is 1. The number of aliphatic carboxylic acids is 1. The topological polar surface area (TPSA) is 82.5 Å². The summed E-state index contributed by atoms with van der Waals surface area (Å²) in [6.45, 7) is 2.38. The van der Waals surface area contributed by atoms with Crippen LogP contribution in [0.2, 0.25) is 0 Å². The van der Waals surface area contributed by atoms with Gasteiger partial charge in [0.2, 0.25) is 0 Å². The number of carboxylic acids is 1. The molecule has 2 N–H and O–H groups in total. The van der Waals surface area contributed by atoms with Gasteiger partial charge in [-0.25, -0.2) is 4.79 Å². The van der Waals surface area contributed by atoms with Gasteiger partial charge in [-0.3, -0.25) is 9.78 Å². The molecule has 1 aliphatic rings. The number of carboxylic acid groups (broad SMARTS) is 1. The Balaban J connectivity index is 1.81. The minimum Gasteiger partial charge on any atom is -0.481 e. The molecule has 0 spiro atoms. The molecule has 1 aliphatic carbocycles. The van der Waals surface area contributed by atoms with Crippen molar-refractivity contribution in [1.82, 2.24) is 15.2 Å². The van der Waals surface area contributed by atoms with Gasteiger partial charge in [0.25, 0.3) is 0 Å². The minimum atomic E-state index is -0.729. The number of hydrogen-bond donors (Lipinski definition) is 2. The summed E-state index contributed by atoms with van der Waals surface area (Å²) in [4.78, 5) is 29.1. The molecule has 6 nitrogen and oxygen atoms in total. The predicted molar refractivity (Wildman–Crippen MR) is 82.4 cm³/mol. The van der Waals surface area contributed by atoms with Gasteiger partial charge in [-0.05, 0) is 44.7 Å². The molecule has 1 heterocycles. The standard InChI is InChI=1S/C16H23N3O3/c1-11-4-3-5-14(17-11)10-19(2)16(22)18-13-8-6-12(7-9-13)15(20)21/h3-5,12-13H,6-10H2,1-2H3,(H,18,22)(H,20,21). The van der Waals surface area contributed by atoms with Crippen LogP contribution in [0.4, 0.5) is 4.79 Å². The lowest BCUT2D eigenvalue weighted by Gasteiger charge is -2.28. The molecule has 0 bridgehead atoms. The van der Waals surface area contributed by atoms with Crippen LogP contribution in [0.3, 0.4) is 0 Å². The molecule has 1 saturated carbocycles. The maximum atomic E-state index is 12.2. The summed E-state index contributed by atoms with van der Waals surface area (Å²) >= 11 is 0. The van der Waals surface area contributed by atoms with E-state index >= 15 is 0 Å². The monoisotopic (exact) mass is 305 g/mol. The van der Waals surface area contributed by atoms with E-state index in [0.717, 1.165) is 24.2 Å².